The minimum absolute atomic E-state index is 0.0661. The minimum Gasteiger partial charge on any atom is -0.496 e. The summed E-state index contributed by atoms with van der Waals surface area (Å²) < 4.78 is 5.26. The summed E-state index contributed by atoms with van der Waals surface area (Å²) in [6, 6.07) is 5.05. The number of nitrogens with zero attached hydrogens (tertiary/aromatic N) is 1. The van der Waals surface area contributed by atoms with E-state index in [0.29, 0.717) is 42.8 Å². The maximum absolute atomic E-state index is 12.4. The molecule has 1 aromatic carbocycles. The molecule has 1 N–H and O–H groups in total. The lowest BCUT2D eigenvalue weighted by molar-refractivity contribution is -0.145. The molecule has 6 nitrogen and oxygen atoms in total. The highest BCUT2D eigenvalue weighted by molar-refractivity contribution is 5.94. The molecular formula is C17H21NO5. The van der Waals surface area contributed by atoms with Crippen molar-refractivity contribution in [2.75, 3.05) is 20.2 Å². The first kappa shape index (κ1) is 17.0. The summed E-state index contributed by atoms with van der Waals surface area (Å²) in [4.78, 5) is 36.6. The van der Waals surface area contributed by atoms with Crippen molar-refractivity contribution >= 4 is 17.7 Å². The summed E-state index contributed by atoms with van der Waals surface area (Å²) in [5.74, 6) is -0.734. The first-order valence-corrected chi connectivity index (χ1v) is 7.60. The van der Waals surface area contributed by atoms with Crippen LogP contribution >= 0.6 is 0 Å². The third-order valence-corrected chi connectivity index (χ3v) is 4.23. The quantitative estimate of drug-likeness (QED) is 0.836. The van der Waals surface area contributed by atoms with Crippen LogP contribution in [-0.2, 0) is 16.0 Å². The number of carboxylic acid groups (broad SMARTS) is 1. The van der Waals surface area contributed by atoms with E-state index in [1.165, 1.54) is 14.0 Å². The van der Waals surface area contributed by atoms with E-state index >= 15 is 0 Å². The van der Waals surface area contributed by atoms with Gasteiger partial charge in [0.15, 0.2) is 5.78 Å². The molecule has 6 heteroatoms. The van der Waals surface area contributed by atoms with Crippen molar-refractivity contribution in [3.05, 3.63) is 29.3 Å². The molecule has 1 aliphatic heterocycles. The van der Waals surface area contributed by atoms with Crippen LogP contribution in [0.2, 0.25) is 0 Å². The number of aliphatic carboxylic acids is 1. The van der Waals surface area contributed by atoms with Gasteiger partial charge < -0.3 is 14.7 Å². The van der Waals surface area contributed by atoms with E-state index in [9.17, 15) is 14.4 Å². The van der Waals surface area contributed by atoms with Crippen LogP contribution in [0.1, 0.15) is 35.7 Å². The first-order chi connectivity index (χ1) is 10.9. The van der Waals surface area contributed by atoms with E-state index in [4.69, 9.17) is 9.84 Å². The molecule has 1 amide bonds. The third kappa shape index (κ3) is 4.09. The molecule has 0 unspecified atom stereocenters. The SMILES string of the molecule is COc1ccc(C(C)=O)cc1CC(=O)N1CCC(C(=O)O)CC1. The molecule has 1 aromatic rings. The predicted molar refractivity (Wildman–Crippen MR) is 83.6 cm³/mol. The Labute approximate surface area is 135 Å². The van der Waals surface area contributed by atoms with Gasteiger partial charge in [0.05, 0.1) is 19.4 Å². The molecule has 0 atom stereocenters. The molecule has 0 radical (unpaired) electrons. The molecule has 0 saturated carbocycles. The largest absolute Gasteiger partial charge is 0.496 e. The van der Waals surface area contributed by atoms with Crippen LogP contribution in [-0.4, -0.2) is 47.9 Å². The number of carbonyl (C=O) groups is 3. The third-order valence-electron chi connectivity index (χ3n) is 4.23. The van der Waals surface area contributed by atoms with Crippen molar-refractivity contribution in [1.29, 1.82) is 0 Å². The lowest BCUT2D eigenvalue weighted by atomic mass is 9.96. The molecule has 1 aliphatic rings. The average Bonchev–Trinajstić information content (AvgIpc) is 2.54. The lowest BCUT2D eigenvalue weighted by Crippen LogP contribution is -2.41. The van der Waals surface area contributed by atoms with Crippen molar-refractivity contribution in [3.63, 3.8) is 0 Å². The molecule has 2 rings (SSSR count). The van der Waals surface area contributed by atoms with Gasteiger partial charge in [0, 0.05) is 24.2 Å². The fourth-order valence-electron chi connectivity index (χ4n) is 2.79. The van der Waals surface area contributed by atoms with Gasteiger partial charge in [-0.1, -0.05) is 0 Å². The molecule has 0 bridgehead atoms. The molecule has 23 heavy (non-hydrogen) atoms. The predicted octanol–water partition coefficient (Wildman–Crippen LogP) is 1.76. The summed E-state index contributed by atoms with van der Waals surface area (Å²) in [7, 11) is 1.52. The molecule has 1 fully saturated rings. The lowest BCUT2D eigenvalue weighted by Gasteiger charge is -2.30. The number of benzene rings is 1. The fraction of sp³-hybridized carbons (Fsp3) is 0.471. The van der Waals surface area contributed by atoms with Crippen LogP contribution in [0.3, 0.4) is 0 Å². The van der Waals surface area contributed by atoms with Crippen LogP contribution in [0.4, 0.5) is 0 Å². The van der Waals surface area contributed by atoms with E-state index in [0.717, 1.165) is 0 Å². The van der Waals surface area contributed by atoms with Gasteiger partial charge in [-0.15, -0.1) is 0 Å². The number of amides is 1. The van der Waals surface area contributed by atoms with Crippen molar-refractivity contribution in [1.82, 2.24) is 4.90 Å². The first-order valence-electron chi connectivity index (χ1n) is 7.60. The maximum Gasteiger partial charge on any atom is 0.306 e. The van der Waals surface area contributed by atoms with E-state index in [1.807, 2.05) is 0 Å². The van der Waals surface area contributed by atoms with Crippen LogP contribution < -0.4 is 4.74 Å². The number of Topliss-reactive ketones (excluding diaryl/α,β-unsaturated/α-hetero) is 1. The van der Waals surface area contributed by atoms with Crippen molar-refractivity contribution < 1.29 is 24.2 Å². The molecule has 124 valence electrons. The average molecular weight is 319 g/mol. The van der Waals surface area contributed by atoms with Gasteiger partial charge in [-0.05, 0) is 38.0 Å². The van der Waals surface area contributed by atoms with Gasteiger partial charge in [-0.2, -0.15) is 0 Å². The van der Waals surface area contributed by atoms with Gasteiger partial charge in [0.2, 0.25) is 5.91 Å². The second-order valence-electron chi connectivity index (χ2n) is 5.75. The fourth-order valence-corrected chi connectivity index (χ4v) is 2.79. The van der Waals surface area contributed by atoms with Crippen LogP contribution in [0.5, 0.6) is 5.75 Å². The molecular weight excluding hydrogens is 298 g/mol. The summed E-state index contributed by atoms with van der Waals surface area (Å²) in [6.45, 7) is 2.37. The normalized spacial score (nSPS) is 15.3. The maximum atomic E-state index is 12.4. The Hall–Kier alpha value is -2.37. The number of ketones is 1. The zero-order valence-corrected chi connectivity index (χ0v) is 13.4. The Morgan fingerprint density at radius 1 is 1.26 bits per heavy atom. The molecule has 1 heterocycles. The zero-order valence-electron chi connectivity index (χ0n) is 13.4. The van der Waals surface area contributed by atoms with Crippen molar-refractivity contribution in [3.8, 4) is 5.75 Å². The van der Waals surface area contributed by atoms with E-state index in [2.05, 4.69) is 0 Å². The van der Waals surface area contributed by atoms with Gasteiger partial charge in [-0.3, -0.25) is 14.4 Å². The Balaban J connectivity index is 2.07. The van der Waals surface area contributed by atoms with Crippen molar-refractivity contribution in [2.45, 2.75) is 26.2 Å². The highest BCUT2D eigenvalue weighted by atomic mass is 16.5. The summed E-state index contributed by atoms with van der Waals surface area (Å²) in [5, 5.41) is 9.00. The Kier molecular flexibility index (Phi) is 5.36. The van der Waals surface area contributed by atoms with Crippen LogP contribution in [0, 0.1) is 5.92 Å². The van der Waals surface area contributed by atoms with Crippen molar-refractivity contribution in [2.24, 2.45) is 5.92 Å². The number of ether oxygens (including phenoxy) is 1. The smallest absolute Gasteiger partial charge is 0.306 e. The molecule has 0 aromatic heterocycles. The van der Waals surface area contributed by atoms with Gasteiger partial charge in [-0.25, -0.2) is 0 Å². The number of hydrogen-bond donors (Lipinski definition) is 1. The second-order valence-corrected chi connectivity index (χ2v) is 5.75. The number of carbonyl (C=O) groups excluding carboxylic acids is 2. The number of hydrogen-bond acceptors (Lipinski definition) is 4. The van der Waals surface area contributed by atoms with E-state index in [-0.39, 0.29) is 24.0 Å². The van der Waals surface area contributed by atoms with E-state index in [1.54, 1.807) is 23.1 Å². The van der Waals surface area contributed by atoms with Crippen LogP contribution in [0.25, 0.3) is 0 Å². The molecule has 1 saturated heterocycles. The van der Waals surface area contributed by atoms with Gasteiger partial charge >= 0.3 is 5.97 Å². The summed E-state index contributed by atoms with van der Waals surface area (Å²) >= 11 is 0. The zero-order chi connectivity index (χ0) is 17.0. The Morgan fingerprint density at radius 3 is 2.43 bits per heavy atom. The highest BCUT2D eigenvalue weighted by Crippen LogP contribution is 2.23. The highest BCUT2D eigenvalue weighted by Gasteiger charge is 2.27. The topological polar surface area (TPSA) is 83.9 Å². The number of likely N-dealkylation sites (tertiary alicyclic amines) is 1. The van der Waals surface area contributed by atoms with E-state index < -0.39 is 5.97 Å². The second kappa shape index (κ2) is 7.26. The number of methoxy groups -OCH3 is 1. The van der Waals surface area contributed by atoms with Crippen LogP contribution in [0.15, 0.2) is 18.2 Å². The minimum atomic E-state index is -0.798. The van der Waals surface area contributed by atoms with Gasteiger partial charge in [0.1, 0.15) is 5.75 Å². The number of piperidine rings is 1. The summed E-state index contributed by atoms with van der Waals surface area (Å²) in [5.41, 5.74) is 1.21. The molecule has 0 spiro atoms. The summed E-state index contributed by atoms with van der Waals surface area (Å²) in [6.07, 6.45) is 1.10. The number of rotatable bonds is 5. The number of carboxylic acids is 1. The Morgan fingerprint density at radius 2 is 1.91 bits per heavy atom. The monoisotopic (exact) mass is 319 g/mol. The van der Waals surface area contributed by atoms with Gasteiger partial charge in [0.25, 0.3) is 0 Å². The standard InChI is InChI=1S/C17H21NO5/c1-11(19)13-3-4-15(23-2)14(9-13)10-16(20)18-7-5-12(6-8-18)17(21)22/h3-4,9,12H,5-8,10H2,1-2H3,(H,21,22). The molecule has 0 aliphatic carbocycles. The Bertz CT molecular complexity index is 617.